The van der Waals surface area contributed by atoms with Crippen LogP contribution in [0.4, 0.5) is 0 Å². The second kappa shape index (κ2) is 7.92. The summed E-state index contributed by atoms with van der Waals surface area (Å²) >= 11 is 2.24. The second-order valence-corrected chi connectivity index (χ2v) is 7.65. The van der Waals surface area contributed by atoms with Crippen LogP contribution in [-0.2, 0) is 31.3 Å². The normalized spacial score (nSPS) is 21.3. The van der Waals surface area contributed by atoms with Gasteiger partial charge in [0.2, 0.25) is 0 Å². The van der Waals surface area contributed by atoms with Gasteiger partial charge in [-0.3, -0.25) is 0 Å². The van der Waals surface area contributed by atoms with Crippen molar-refractivity contribution in [3.05, 3.63) is 51.3 Å². The molecule has 1 spiro atoms. The maximum absolute atomic E-state index is 12.3. The number of fused-ring (bicyclic) bond motifs is 2. The maximum Gasteiger partial charge on any atom is 0.334 e. The lowest BCUT2D eigenvalue weighted by Crippen LogP contribution is -2.56. The number of esters is 2. The molecular formula is C20H22INO5. The molecule has 2 aliphatic rings. The highest BCUT2D eigenvalue weighted by Crippen LogP contribution is 2.46. The first kappa shape index (κ1) is 19.7. The summed E-state index contributed by atoms with van der Waals surface area (Å²) in [4.78, 5) is 26.8. The van der Waals surface area contributed by atoms with Gasteiger partial charge >= 0.3 is 17.7 Å². The molecule has 6 nitrogen and oxygen atoms in total. The molecule has 27 heavy (non-hydrogen) atoms. The summed E-state index contributed by atoms with van der Waals surface area (Å²) in [7, 11) is 0. The Bertz CT molecular complexity index is 797. The van der Waals surface area contributed by atoms with E-state index in [2.05, 4.69) is 34.4 Å². The number of ether oxygens (including phenoxy) is 2. The van der Waals surface area contributed by atoms with E-state index in [1.165, 1.54) is 6.07 Å². The Kier molecular flexibility index (Phi) is 5.78. The smallest absolute Gasteiger partial charge is 0.334 e. The van der Waals surface area contributed by atoms with Gasteiger partial charge in [0.05, 0.1) is 3.70 Å². The van der Waals surface area contributed by atoms with Gasteiger partial charge in [0.15, 0.2) is 0 Å². The van der Waals surface area contributed by atoms with Gasteiger partial charge in [-0.1, -0.05) is 19.1 Å². The number of phenols is 1. The predicted octanol–water partition coefficient (Wildman–Crippen LogP) is 3.52. The molecule has 0 amide bonds. The number of halogens is 1. The van der Waals surface area contributed by atoms with Crippen molar-refractivity contribution >= 4 is 34.5 Å². The summed E-state index contributed by atoms with van der Waals surface area (Å²) in [5, 5.41) is 10.1. The average Bonchev–Trinajstić information content (AvgIpc) is 2.79. The molecule has 7 heteroatoms. The number of hydrogen-bond acceptors (Lipinski definition) is 6. The Hall–Kier alpha value is -2.03. The number of hydrogen-bond donors (Lipinski definition) is 1. The summed E-state index contributed by atoms with van der Waals surface area (Å²) < 4.78 is 12.5. The highest BCUT2D eigenvalue weighted by atomic mass is 127. The molecule has 1 aromatic rings. The third-order valence-corrected chi connectivity index (χ3v) is 6.05. The summed E-state index contributed by atoms with van der Waals surface area (Å²) in [6.45, 7) is 4.71. The van der Waals surface area contributed by atoms with Crippen LogP contribution in [0, 0.1) is 0 Å². The SMILES string of the molecule is C/C=C(/I)N(CCC)C1CCc2ccc(O)cc2C12OC(=O)C=CC(=O)O2. The topological polar surface area (TPSA) is 76.1 Å². The number of carbonyl (C=O) groups is 2. The molecule has 0 bridgehead atoms. The second-order valence-electron chi connectivity index (χ2n) is 6.54. The van der Waals surface area contributed by atoms with E-state index >= 15 is 0 Å². The number of rotatable bonds is 4. The molecule has 3 rings (SSSR count). The minimum absolute atomic E-state index is 0.0286. The lowest BCUT2D eigenvalue weighted by Gasteiger charge is -2.47. The third-order valence-electron chi connectivity index (χ3n) is 4.81. The van der Waals surface area contributed by atoms with Crippen LogP contribution in [0.3, 0.4) is 0 Å². The number of aromatic hydroxyl groups is 1. The fraction of sp³-hybridized carbons (Fsp3) is 0.400. The van der Waals surface area contributed by atoms with Gasteiger partial charge in [-0.05, 0) is 66.5 Å². The van der Waals surface area contributed by atoms with E-state index in [-0.39, 0.29) is 5.75 Å². The molecule has 1 unspecified atom stereocenters. The van der Waals surface area contributed by atoms with Crippen LogP contribution in [-0.4, -0.2) is 34.5 Å². The van der Waals surface area contributed by atoms with Crippen molar-refractivity contribution in [3.8, 4) is 5.75 Å². The molecule has 0 fully saturated rings. The highest BCUT2D eigenvalue weighted by molar-refractivity contribution is 14.1. The van der Waals surface area contributed by atoms with E-state index in [0.29, 0.717) is 18.5 Å². The highest BCUT2D eigenvalue weighted by Gasteiger charge is 2.54. The van der Waals surface area contributed by atoms with Crippen molar-refractivity contribution in [2.45, 2.75) is 44.9 Å². The summed E-state index contributed by atoms with van der Waals surface area (Å²) in [5.74, 6) is -2.87. The van der Waals surface area contributed by atoms with Crippen molar-refractivity contribution in [1.82, 2.24) is 4.90 Å². The lowest BCUT2D eigenvalue weighted by molar-refractivity contribution is -0.251. The zero-order chi connectivity index (χ0) is 19.6. The lowest BCUT2D eigenvalue weighted by atomic mass is 9.81. The number of nitrogens with zero attached hydrogens (tertiary/aromatic N) is 1. The molecule has 0 aromatic heterocycles. The Balaban J connectivity index is 2.21. The number of aryl methyl sites for hydroxylation is 1. The third kappa shape index (κ3) is 3.69. The first-order chi connectivity index (χ1) is 12.9. The fourth-order valence-corrected chi connectivity index (χ4v) is 4.30. The number of carbonyl (C=O) groups excluding carboxylic acids is 2. The minimum Gasteiger partial charge on any atom is -0.508 e. The van der Waals surface area contributed by atoms with E-state index in [0.717, 1.165) is 34.3 Å². The van der Waals surface area contributed by atoms with Crippen LogP contribution in [0.2, 0.25) is 0 Å². The van der Waals surface area contributed by atoms with Crippen LogP contribution in [0.25, 0.3) is 0 Å². The van der Waals surface area contributed by atoms with Crippen LogP contribution in [0.15, 0.2) is 40.1 Å². The van der Waals surface area contributed by atoms with Crippen LogP contribution < -0.4 is 0 Å². The van der Waals surface area contributed by atoms with Gasteiger partial charge in [-0.15, -0.1) is 0 Å². The van der Waals surface area contributed by atoms with Crippen molar-refractivity contribution in [3.63, 3.8) is 0 Å². The zero-order valence-electron chi connectivity index (χ0n) is 15.3. The van der Waals surface area contributed by atoms with E-state index in [1.54, 1.807) is 12.1 Å². The van der Waals surface area contributed by atoms with Gasteiger partial charge in [-0.25, -0.2) is 9.59 Å². The van der Waals surface area contributed by atoms with Gasteiger partial charge in [0, 0.05) is 24.3 Å². The molecule has 0 radical (unpaired) electrons. The van der Waals surface area contributed by atoms with Crippen molar-refractivity contribution < 1.29 is 24.2 Å². The van der Waals surface area contributed by atoms with Gasteiger partial charge in [0.1, 0.15) is 11.8 Å². The first-order valence-electron chi connectivity index (χ1n) is 8.96. The van der Waals surface area contributed by atoms with E-state index in [4.69, 9.17) is 9.47 Å². The van der Waals surface area contributed by atoms with E-state index in [1.807, 2.05) is 13.0 Å². The molecule has 0 saturated carbocycles. The average molecular weight is 483 g/mol. The molecule has 1 N–H and O–H groups in total. The van der Waals surface area contributed by atoms with Crippen molar-refractivity contribution in [1.29, 1.82) is 0 Å². The summed E-state index contributed by atoms with van der Waals surface area (Å²) in [6.07, 6.45) is 6.36. The predicted molar refractivity (Wildman–Crippen MR) is 108 cm³/mol. The fourth-order valence-electron chi connectivity index (χ4n) is 3.72. The van der Waals surface area contributed by atoms with Crippen LogP contribution in [0.1, 0.15) is 37.8 Å². The largest absolute Gasteiger partial charge is 0.508 e. The van der Waals surface area contributed by atoms with Crippen LogP contribution in [0.5, 0.6) is 5.75 Å². The van der Waals surface area contributed by atoms with Crippen molar-refractivity contribution in [2.75, 3.05) is 6.54 Å². The number of phenolic OH excluding ortho intramolecular Hbond substituents is 1. The Labute approximate surface area is 172 Å². The van der Waals surface area contributed by atoms with E-state index < -0.39 is 23.8 Å². The minimum atomic E-state index is -1.61. The molecular weight excluding hydrogens is 461 g/mol. The van der Waals surface area contributed by atoms with Crippen molar-refractivity contribution in [2.24, 2.45) is 0 Å². The standard InChI is InChI=1S/C20H22INO5/c1-3-11-22(17(21)4-2)16-8-6-13-5-7-14(23)12-15(13)20(16)26-18(24)9-10-19(25)27-20/h4-5,7,9-10,12,16,23H,3,6,8,11H2,1-2H3/b17-4-. The molecule has 1 aliphatic heterocycles. The van der Waals surface area contributed by atoms with E-state index in [9.17, 15) is 14.7 Å². The molecule has 1 aliphatic carbocycles. The summed E-state index contributed by atoms with van der Waals surface area (Å²) in [5.41, 5.74) is 1.41. The molecule has 1 heterocycles. The molecule has 1 aromatic carbocycles. The maximum atomic E-state index is 12.3. The quantitative estimate of drug-likeness (QED) is 0.402. The Morgan fingerprint density at radius 3 is 2.59 bits per heavy atom. The number of allylic oxidation sites excluding steroid dienone is 1. The van der Waals surface area contributed by atoms with Gasteiger partial charge < -0.3 is 19.5 Å². The summed E-state index contributed by atoms with van der Waals surface area (Å²) in [6, 6.07) is 4.50. The first-order valence-corrected chi connectivity index (χ1v) is 10.0. The van der Waals surface area contributed by atoms with Gasteiger partial charge in [-0.2, -0.15) is 0 Å². The molecule has 0 saturated heterocycles. The molecule has 1 atom stereocenters. The monoisotopic (exact) mass is 483 g/mol. The number of benzene rings is 1. The van der Waals surface area contributed by atoms with Crippen LogP contribution >= 0.6 is 22.6 Å². The van der Waals surface area contributed by atoms with Gasteiger partial charge in [0.25, 0.3) is 0 Å². The molecule has 144 valence electrons. The zero-order valence-corrected chi connectivity index (χ0v) is 17.4. The Morgan fingerprint density at radius 1 is 1.33 bits per heavy atom. The Morgan fingerprint density at radius 2 is 2.00 bits per heavy atom.